The molecule has 0 radical (unpaired) electrons. The number of carbonyl (C=O) groups excluding carboxylic acids is 1. The number of carbonyl (C=O) groups is 2. The Bertz CT molecular complexity index is 784. The van der Waals surface area contributed by atoms with E-state index in [9.17, 15) is 14.7 Å². The number of anilines is 1. The molecule has 2 N–H and O–H groups in total. The average molecular weight is 325 g/mol. The molecule has 0 aliphatic rings. The fourth-order valence-corrected chi connectivity index (χ4v) is 2.58. The number of aryl methyl sites for hydroxylation is 1. The van der Waals surface area contributed by atoms with Gasteiger partial charge in [-0.15, -0.1) is 0 Å². The predicted molar refractivity (Wildman–Crippen MR) is 96.0 cm³/mol. The molecule has 126 valence electrons. The summed E-state index contributed by atoms with van der Waals surface area (Å²) < 4.78 is 0. The van der Waals surface area contributed by atoms with E-state index < -0.39 is 5.97 Å². The molecule has 0 aliphatic carbocycles. The second kappa shape index (κ2) is 6.48. The first-order valence-electron chi connectivity index (χ1n) is 7.86. The summed E-state index contributed by atoms with van der Waals surface area (Å²) >= 11 is 0. The van der Waals surface area contributed by atoms with Crippen LogP contribution in [0.3, 0.4) is 0 Å². The number of hydrogen-bond acceptors (Lipinski definition) is 2. The molecule has 2 rings (SSSR count). The van der Waals surface area contributed by atoms with Crippen molar-refractivity contribution in [2.45, 2.75) is 40.0 Å². The van der Waals surface area contributed by atoms with Crippen molar-refractivity contribution in [1.82, 2.24) is 0 Å². The van der Waals surface area contributed by atoms with Gasteiger partial charge in [-0.3, -0.25) is 4.79 Å². The molecule has 4 heteroatoms. The smallest absolute Gasteiger partial charge is 0.336 e. The number of benzene rings is 2. The number of aromatic carboxylic acids is 1. The number of carboxylic acid groups (broad SMARTS) is 1. The van der Waals surface area contributed by atoms with E-state index in [0.29, 0.717) is 16.8 Å². The van der Waals surface area contributed by atoms with Crippen molar-refractivity contribution in [3.8, 4) is 0 Å². The third-order valence-corrected chi connectivity index (χ3v) is 4.16. The van der Waals surface area contributed by atoms with E-state index in [1.54, 1.807) is 31.2 Å². The molecule has 0 atom stereocenters. The van der Waals surface area contributed by atoms with Crippen molar-refractivity contribution in [1.29, 1.82) is 0 Å². The quantitative estimate of drug-likeness (QED) is 0.870. The highest BCUT2D eigenvalue weighted by Gasteiger charge is 2.17. The summed E-state index contributed by atoms with van der Waals surface area (Å²) in [6.45, 7) is 9.90. The van der Waals surface area contributed by atoms with E-state index in [1.807, 2.05) is 19.1 Å². The molecule has 0 spiro atoms. The van der Waals surface area contributed by atoms with Gasteiger partial charge in [0.15, 0.2) is 0 Å². The van der Waals surface area contributed by atoms with Crippen molar-refractivity contribution in [3.63, 3.8) is 0 Å². The van der Waals surface area contributed by atoms with E-state index in [0.717, 1.165) is 11.1 Å². The third kappa shape index (κ3) is 3.65. The maximum Gasteiger partial charge on any atom is 0.336 e. The van der Waals surface area contributed by atoms with E-state index in [4.69, 9.17) is 0 Å². The highest BCUT2D eigenvalue weighted by atomic mass is 16.4. The zero-order valence-electron chi connectivity index (χ0n) is 14.7. The van der Waals surface area contributed by atoms with Crippen LogP contribution < -0.4 is 5.32 Å². The first-order valence-corrected chi connectivity index (χ1v) is 7.86. The summed E-state index contributed by atoms with van der Waals surface area (Å²) in [5.41, 5.74) is 3.86. The lowest BCUT2D eigenvalue weighted by molar-refractivity contribution is 0.0695. The SMILES string of the molecule is Cc1ccc(C(=O)O)c(C)c1NC(=O)c1ccc(C(C)(C)C)cc1. The van der Waals surface area contributed by atoms with E-state index in [-0.39, 0.29) is 16.9 Å². The van der Waals surface area contributed by atoms with Crippen molar-refractivity contribution in [3.05, 3.63) is 64.2 Å². The highest BCUT2D eigenvalue weighted by Crippen LogP contribution is 2.25. The van der Waals surface area contributed by atoms with Crippen LogP contribution >= 0.6 is 0 Å². The third-order valence-electron chi connectivity index (χ3n) is 4.16. The van der Waals surface area contributed by atoms with Crippen LogP contribution in [0.2, 0.25) is 0 Å². The molecule has 0 unspecified atom stereocenters. The second-order valence-corrected chi connectivity index (χ2v) is 7.02. The van der Waals surface area contributed by atoms with Gasteiger partial charge in [-0.1, -0.05) is 39.0 Å². The summed E-state index contributed by atoms with van der Waals surface area (Å²) in [4.78, 5) is 23.8. The summed E-state index contributed by atoms with van der Waals surface area (Å²) in [7, 11) is 0. The molecule has 0 heterocycles. The number of nitrogens with one attached hydrogen (secondary N) is 1. The number of carboxylic acids is 1. The lowest BCUT2D eigenvalue weighted by Gasteiger charge is -2.19. The molecular weight excluding hydrogens is 302 g/mol. The van der Waals surface area contributed by atoms with Crippen LogP contribution in [0.1, 0.15) is 58.2 Å². The molecule has 0 saturated carbocycles. The fourth-order valence-electron chi connectivity index (χ4n) is 2.58. The van der Waals surface area contributed by atoms with E-state index in [1.165, 1.54) is 0 Å². The van der Waals surface area contributed by atoms with Gasteiger partial charge in [0, 0.05) is 11.3 Å². The van der Waals surface area contributed by atoms with Gasteiger partial charge in [-0.2, -0.15) is 0 Å². The van der Waals surface area contributed by atoms with Gasteiger partial charge in [0.05, 0.1) is 5.56 Å². The first-order chi connectivity index (χ1) is 11.1. The molecule has 0 aliphatic heterocycles. The Kier molecular flexibility index (Phi) is 4.78. The van der Waals surface area contributed by atoms with Gasteiger partial charge in [-0.05, 0) is 54.2 Å². The normalized spacial score (nSPS) is 11.2. The van der Waals surface area contributed by atoms with Crippen LogP contribution in [-0.2, 0) is 5.41 Å². The molecular formula is C20H23NO3. The zero-order chi connectivity index (χ0) is 18.1. The maximum atomic E-state index is 12.5. The molecule has 0 fully saturated rings. The van der Waals surface area contributed by atoms with Crippen LogP contribution in [0.4, 0.5) is 5.69 Å². The molecule has 24 heavy (non-hydrogen) atoms. The van der Waals surface area contributed by atoms with Gasteiger partial charge in [0.25, 0.3) is 5.91 Å². The van der Waals surface area contributed by atoms with Crippen LogP contribution in [-0.4, -0.2) is 17.0 Å². The standard InChI is InChI=1S/C20H23NO3/c1-12-6-11-16(19(23)24)13(2)17(12)21-18(22)14-7-9-15(10-8-14)20(3,4)5/h6-11H,1-5H3,(H,21,22)(H,23,24). The second-order valence-electron chi connectivity index (χ2n) is 7.02. The molecule has 4 nitrogen and oxygen atoms in total. The lowest BCUT2D eigenvalue weighted by Crippen LogP contribution is -2.16. The summed E-state index contributed by atoms with van der Waals surface area (Å²) in [5, 5.41) is 12.1. The Hall–Kier alpha value is -2.62. The molecule has 1 amide bonds. The minimum Gasteiger partial charge on any atom is -0.478 e. The van der Waals surface area contributed by atoms with Crippen LogP contribution in [0.25, 0.3) is 0 Å². The number of rotatable bonds is 3. The largest absolute Gasteiger partial charge is 0.478 e. The Morgan fingerprint density at radius 1 is 0.958 bits per heavy atom. The first kappa shape index (κ1) is 17.7. The van der Waals surface area contributed by atoms with Crippen LogP contribution in [0.15, 0.2) is 36.4 Å². The molecule has 2 aromatic rings. The predicted octanol–water partition coefficient (Wildman–Crippen LogP) is 4.55. The summed E-state index contributed by atoms with van der Waals surface area (Å²) in [5.74, 6) is -1.25. The maximum absolute atomic E-state index is 12.5. The van der Waals surface area contributed by atoms with Crippen LogP contribution in [0.5, 0.6) is 0 Å². The van der Waals surface area contributed by atoms with Crippen molar-refractivity contribution in [2.24, 2.45) is 0 Å². The van der Waals surface area contributed by atoms with Gasteiger partial charge in [0.1, 0.15) is 0 Å². The fraction of sp³-hybridized carbons (Fsp3) is 0.300. The molecule has 0 saturated heterocycles. The number of amides is 1. The highest BCUT2D eigenvalue weighted by molar-refractivity contribution is 6.06. The Morgan fingerprint density at radius 2 is 1.54 bits per heavy atom. The topological polar surface area (TPSA) is 66.4 Å². The van der Waals surface area contributed by atoms with Crippen molar-refractivity contribution in [2.75, 3.05) is 5.32 Å². The molecule has 0 aromatic heterocycles. The van der Waals surface area contributed by atoms with Gasteiger partial charge < -0.3 is 10.4 Å². The monoisotopic (exact) mass is 325 g/mol. The van der Waals surface area contributed by atoms with Crippen molar-refractivity contribution < 1.29 is 14.7 Å². The molecule has 0 bridgehead atoms. The summed E-state index contributed by atoms with van der Waals surface area (Å²) in [6.07, 6.45) is 0. The Balaban J connectivity index is 2.30. The lowest BCUT2D eigenvalue weighted by atomic mass is 9.86. The van der Waals surface area contributed by atoms with Gasteiger partial charge in [0.2, 0.25) is 0 Å². The zero-order valence-corrected chi connectivity index (χ0v) is 14.7. The minimum atomic E-state index is -1.00. The molecule has 2 aromatic carbocycles. The van der Waals surface area contributed by atoms with E-state index in [2.05, 4.69) is 26.1 Å². The number of hydrogen-bond donors (Lipinski definition) is 2. The minimum absolute atomic E-state index is 0.0258. The Morgan fingerprint density at radius 3 is 2.04 bits per heavy atom. The van der Waals surface area contributed by atoms with Gasteiger partial charge in [-0.25, -0.2) is 4.79 Å². The average Bonchev–Trinajstić information content (AvgIpc) is 2.50. The van der Waals surface area contributed by atoms with E-state index >= 15 is 0 Å². The Labute approximate surface area is 142 Å². The van der Waals surface area contributed by atoms with Crippen molar-refractivity contribution >= 4 is 17.6 Å². The summed E-state index contributed by atoms with van der Waals surface area (Å²) in [6, 6.07) is 10.7. The van der Waals surface area contributed by atoms with Gasteiger partial charge >= 0.3 is 5.97 Å². The van der Waals surface area contributed by atoms with Crippen LogP contribution in [0, 0.1) is 13.8 Å².